The Hall–Kier alpha value is -0.0800. The van der Waals surface area contributed by atoms with Crippen LogP contribution in [0, 0.1) is 5.92 Å². The number of ether oxygens (including phenoxy) is 1. The van der Waals surface area contributed by atoms with Crippen LogP contribution in [0.15, 0.2) is 0 Å². The van der Waals surface area contributed by atoms with Gasteiger partial charge in [0.1, 0.15) is 5.60 Å². The maximum atomic E-state index is 11.8. The van der Waals surface area contributed by atoms with Crippen LogP contribution in [0.4, 0.5) is 0 Å². The highest BCUT2D eigenvalue weighted by atomic mass is 35.5. The third kappa shape index (κ3) is 1.24. The number of hydrogen-bond acceptors (Lipinski definition) is 2. The first kappa shape index (κ1) is 10.4. The Kier molecular flexibility index (Phi) is 1.89. The van der Waals surface area contributed by atoms with Crippen LogP contribution >= 0.6 is 11.6 Å². The van der Waals surface area contributed by atoms with Crippen LogP contribution in [-0.4, -0.2) is 21.9 Å². The summed E-state index contributed by atoms with van der Waals surface area (Å²) in [6.07, 6.45) is 1.45. The number of halogens is 1. The molecule has 3 heteroatoms. The first-order chi connectivity index (χ1) is 6.19. The van der Waals surface area contributed by atoms with Crippen LogP contribution in [0.2, 0.25) is 0 Å². The van der Waals surface area contributed by atoms with Gasteiger partial charge in [-0.1, -0.05) is 0 Å². The second kappa shape index (κ2) is 2.53. The zero-order valence-corrected chi connectivity index (χ0v) is 9.94. The summed E-state index contributed by atoms with van der Waals surface area (Å²) in [5.41, 5.74) is -0.759. The summed E-state index contributed by atoms with van der Waals surface area (Å²) in [7, 11) is 0. The lowest BCUT2D eigenvalue weighted by Crippen LogP contribution is -2.43. The molecule has 0 N–H and O–H groups in total. The molecule has 0 spiro atoms. The van der Waals surface area contributed by atoms with Gasteiger partial charge in [0, 0.05) is 11.3 Å². The lowest BCUT2D eigenvalue weighted by Gasteiger charge is -2.33. The Balaban J connectivity index is 2.20. The van der Waals surface area contributed by atoms with Crippen molar-refractivity contribution in [2.24, 2.45) is 5.92 Å². The molecule has 2 rings (SSSR count). The summed E-state index contributed by atoms with van der Waals surface area (Å²) in [6, 6.07) is 0. The van der Waals surface area contributed by atoms with Gasteiger partial charge in [0.25, 0.3) is 0 Å². The Labute approximate surface area is 90.0 Å². The molecule has 1 aliphatic carbocycles. The van der Waals surface area contributed by atoms with Crippen molar-refractivity contribution in [3.05, 3.63) is 0 Å². The van der Waals surface area contributed by atoms with Crippen molar-refractivity contribution in [3.63, 3.8) is 0 Å². The fourth-order valence-corrected chi connectivity index (χ4v) is 2.61. The molecule has 1 heterocycles. The van der Waals surface area contributed by atoms with Crippen LogP contribution in [0.3, 0.4) is 0 Å². The van der Waals surface area contributed by atoms with Crippen molar-refractivity contribution in [2.75, 3.05) is 0 Å². The number of Topliss-reactive ketones (excluding diaryl/α,β-unsaturated/α-hetero) is 1. The minimum atomic E-state index is -0.508. The van der Waals surface area contributed by atoms with E-state index in [9.17, 15) is 4.79 Å². The summed E-state index contributed by atoms with van der Waals surface area (Å²) < 4.78 is 5.58. The van der Waals surface area contributed by atoms with Gasteiger partial charge in [0.2, 0.25) is 0 Å². The van der Waals surface area contributed by atoms with Crippen molar-refractivity contribution in [3.8, 4) is 0 Å². The van der Waals surface area contributed by atoms with Crippen molar-refractivity contribution >= 4 is 17.4 Å². The number of carbonyl (C=O) groups is 1. The van der Waals surface area contributed by atoms with E-state index in [4.69, 9.17) is 16.3 Å². The average Bonchev–Trinajstić information content (AvgIpc) is 2.53. The first-order valence-corrected chi connectivity index (χ1v) is 5.49. The van der Waals surface area contributed by atoms with Gasteiger partial charge in [-0.3, -0.25) is 4.79 Å². The fourth-order valence-electron chi connectivity index (χ4n) is 2.46. The van der Waals surface area contributed by atoms with Crippen molar-refractivity contribution < 1.29 is 9.53 Å². The quantitative estimate of drug-likeness (QED) is 0.498. The van der Waals surface area contributed by atoms with Crippen molar-refractivity contribution in [2.45, 2.75) is 56.6 Å². The molecule has 0 amide bonds. The zero-order valence-electron chi connectivity index (χ0n) is 9.19. The number of rotatable bonds is 1. The molecule has 0 aromatic heterocycles. The lowest BCUT2D eigenvalue weighted by atomic mass is 9.71. The Morgan fingerprint density at radius 2 is 2.07 bits per heavy atom. The molecule has 3 atom stereocenters. The molecule has 0 aromatic rings. The Bertz CT molecular complexity index is 294. The Morgan fingerprint density at radius 3 is 2.50 bits per heavy atom. The number of carbonyl (C=O) groups excluding carboxylic acids is 1. The second-order valence-electron chi connectivity index (χ2n) is 5.46. The first-order valence-electron chi connectivity index (χ1n) is 5.11. The van der Waals surface area contributed by atoms with Crippen LogP contribution in [0.25, 0.3) is 0 Å². The van der Waals surface area contributed by atoms with E-state index in [1.165, 1.54) is 0 Å². The molecule has 0 radical (unpaired) electrons. The van der Waals surface area contributed by atoms with E-state index in [2.05, 4.69) is 0 Å². The Morgan fingerprint density at radius 1 is 1.50 bits per heavy atom. The minimum Gasteiger partial charge on any atom is -0.355 e. The number of fused-ring (bicyclic) bond motifs is 1. The van der Waals surface area contributed by atoms with Crippen LogP contribution < -0.4 is 0 Å². The van der Waals surface area contributed by atoms with Gasteiger partial charge in [-0.15, -0.1) is 11.6 Å². The molecule has 2 fully saturated rings. The van der Waals surface area contributed by atoms with E-state index in [0.717, 1.165) is 6.42 Å². The van der Waals surface area contributed by atoms with E-state index in [-0.39, 0.29) is 22.2 Å². The summed E-state index contributed by atoms with van der Waals surface area (Å²) >= 11 is 6.26. The van der Waals surface area contributed by atoms with E-state index in [1.54, 1.807) is 0 Å². The van der Waals surface area contributed by atoms with Crippen LogP contribution in [0.5, 0.6) is 0 Å². The number of alkyl halides is 1. The van der Waals surface area contributed by atoms with Crippen molar-refractivity contribution in [1.29, 1.82) is 0 Å². The SMILES string of the molecule is CC(C)(Cl)C1CC(=O)C2(C)OC2(C)C1. The molecule has 2 aliphatic rings. The topological polar surface area (TPSA) is 29.6 Å². The third-order valence-corrected chi connectivity index (χ3v) is 4.28. The third-order valence-electron chi connectivity index (χ3n) is 3.97. The van der Waals surface area contributed by atoms with Gasteiger partial charge in [0.05, 0.1) is 0 Å². The molecule has 0 bridgehead atoms. The van der Waals surface area contributed by atoms with Gasteiger partial charge in [-0.05, 0) is 40.0 Å². The van der Waals surface area contributed by atoms with Gasteiger partial charge >= 0.3 is 0 Å². The largest absolute Gasteiger partial charge is 0.355 e. The lowest BCUT2D eigenvalue weighted by molar-refractivity contribution is -0.125. The molecule has 2 nitrogen and oxygen atoms in total. The van der Waals surface area contributed by atoms with E-state index < -0.39 is 5.60 Å². The van der Waals surface area contributed by atoms with E-state index >= 15 is 0 Å². The summed E-state index contributed by atoms with van der Waals surface area (Å²) in [5.74, 6) is 0.446. The van der Waals surface area contributed by atoms with Crippen LogP contribution in [-0.2, 0) is 9.53 Å². The fraction of sp³-hybridized carbons (Fsp3) is 0.909. The molecular formula is C11H17ClO2. The number of epoxide rings is 1. The average molecular weight is 217 g/mol. The van der Waals surface area contributed by atoms with Crippen molar-refractivity contribution in [1.82, 2.24) is 0 Å². The number of ketones is 1. The minimum absolute atomic E-state index is 0.213. The second-order valence-corrected chi connectivity index (χ2v) is 6.43. The predicted octanol–water partition coefficient (Wildman–Crippen LogP) is 2.53. The van der Waals surface area contributed by atoms with E-state index in [0.29, 0.717) is 6.42 Å². The molecule has 0 aromatic carbocycles. The molecule has 80 valence electrons. The monoisotopic (exact) mass is 216 g/mol. The molecule has 3 unspecified atom stereocenters. The molecule has 1 saturated heterocycles. The van der Waals surface area contributed by atoms with E-state index in [1.807, 2.05) is 27.7 Å². The normalized spacial score (nSPS) is 47.5. The highest BCUT2D eigenvalue weighted by Gasteiger charge is 2.71. The smallest absolute Gasteiger partial charge is 0.167 e. The molecular weight excluding hydrogens is 200 g/mol. The van der Waals surface area contributed by atoms with Gasteiger partial charge < -0.3 is 4.74 Å². The zero-order chi connectivity index (χ0) is 10.8. The maximum absolute atomic E-state index is 11.8. The van der Waals surface area contributed by atoms with Gasteiger partial charge in [0.15, 0.2) is 11.4 Å². The predicted molar refractivity (Wildman–Crippen MR) is 55.6 cm³/mol. The molecule has 1 saturated carbocycles. The van der Waals surface area contributed by atoms with Crippen LogP contribution in [0.1, 0.15) is 40.5 Å². The standard InChI is InChI=1S/C11H17ClO2/c1-9(2,12)7-5-8(13)11(4)10(3,6-7)14-11/h7H,5-6H2,1-4H3. The highest BCUT2D eigenvalue weighted by molar-refractivity contribution is 6.23. The maximum Gasteiger partial charge on any atom is 0.167 e. The summed E-state index contributed by atoms with van der Waals surface area (Å²) in [4.78, 5) is 11.5. The molecule has 1 aliphatic heterocycles. The van der Waals surface area contributed by atoms with Gasteiger partial charge in [-0.2, -0.15) is 0 Å². The number of hydrogen-bond donors (Lipinski definition) is 0. The highest BCUT2D eigenvalue weighted by Crippen LogP contribution is 2.58. The van der Waals surface area contributed by atoms with Gasteiger partial charge in [-0.25, -0.2) is 0 Å². The summed E-state index contributed by atoms with van der Waals surface area (Å²) in [6.45, 7) is 7.86. The molecule has 14 heavy (non-hydrogen) atoms. The summed E-state index contributed by atoms with van der Waals surface area (Å²) in [5, 5.41) is 0.